The summed E-state index contributed by atoms with van der Waals surface area (Å²) >= 11 is 4.71. The van der Waals surface area contributed by atoms with Crippen LogP contribution in [0, 0.1) is 5.41 Å². The average molecular weight is 1020 g/mol. The molecule has 0 saturated carbocycles. The Balaban J connectivity index is 0.00000114. The Morgan fingerprint density at radius 2 is 1.09 bits per heavy atom. The summed E-state index contributed by atoms with van der Waals surface area (Å²) in [5.41, 5.74) is 19.1. The third-order valence-electron chi connectivity index (χ3n) is 7.81. The lowest BCUT2D eigenvalue weighted by atomic mass is 10.1. The highest BCUT2D eigenvalue weighted by Gasteiger charge is 2.22. The fourth-order valence-corrected chi connectivity index (χ4v) is 5.40. The number of thiol groups is 1. The molecule has 380 valence electrons. The molecule has 28 nitrogen and oxygen atoms in total. The Kier molecular flexibility index (Phi) is 31.1. The molecule has 6 amide bonds. The number of rotatable bonds is 25. The van der Waals surface area contributed by atoms with Crippen LogP contribution in [0.5, 0.6) is 0 Å². The summed E-state index contributed by atoms with van der Waals surface area (Å²) in [4.78, 5) is 111. The number of aliphatic carboxylic acids is 4. The van der Waals surface area contributed by atoms with Gasteiger partial charge in [0.05, 0.1) is 49.4 Å². The van der Waals surface area contributed by atoms with E-state index in [9.17, 15) is 68.4 Å². The van der Waals surface area contributed by atoms with Gasteiger partial charge in [-0.2, -0.15) is 17.7 Å². The van der Waals surface area contributed by atoms with Gasteiger partial charge in [-0.05, 0) is 48.2 Å². The minimum absolute atomic E-state index is 0.0537. The lowest BCUT2D eigenvalue weighted by molar-refractivity contribution is -0.308. The highest BCUT2D eigenvalue weighted by Crippen LogP contribution is 2.10. The first-order valence-electron chi connectivity index (χ1n) is 19.9. The van der Waals surface area contributed by atoms with Crippen LogP contribution in [0.4, 0.5) is 11.4 Å². The highest BCUT2D eigenvalue weighted by molar-refractivity contribution is 8.13. The van der Waals surface area contributed by atoms with Crippen LogP contribution < -0.4 is 69.5 Å². The second-order valence-corrected chi connectivity index (χ2v) is 15.0. The predicted molar refractivity (Wildman–Crippen MR) is 249 cm³/mol. The van der Waals surface area contributed by atoms with Crippen LogP contribution in [0.1, 0.15) is 50.7 Å². The van der Waals surface area contributed by atoms with Crippen molar-refractivity contribution in [2.45, 2.75) is 63.7 Å². The SMILES string of the molecule is CC(=O)Nc1ccc(/C=N/N=C(/N)SC[C@H](NC(=O)CC[C@H](N)C(=O)[O-])C(=O)NCC(=O)[O-])cc1.CC(=O)Nc1ccc(/C=N/N=C=N)cc1.N[C@@H](CCC(=O)N[C@@H](CS)C(=O)NCC(=O)[O-])C(=O)[O-]. The third-order valence-corrected chi connectivity index (χ3v) is 9.05. The summed E-state index contributed by atoms with van der Waals surface area (Å²) in [6.07, 6.45) is 2.01. The lowest BCUT2D eigenvalue weighted by Gasteiger charge is -2.19. The summed E-state index contributed by atoms with van der Waals surface area (Å²) in [6, 6.07) is 10.7. The number of carboxylic acid groups (broad SMARTS) is 4. The van der Waals surface area contributed by atoms with Gasteiger partial charge in [-0.15, -0.1) is 10.2 Å². The zero-order valence-electron chi connectivity index (χ0n) is 37.3. The maximum atomic E-state index is 12.2. The van der Waals surface area contributed by atoms with Crippen molar-refractivity contribution in [2.75, 3.05) is 35.2 Å². The first kappa shape index (κ1) is 61.9. The number of amides is 6. The van der Waals surface area contributed by atoms with Crippen LogP contribution in [0.25, 0.3) is 0 Å². The monoisotopic (exact) mass is 1010 g/mol. The summed E-state index contributed by atoms with van der Waals surface area (Å²) < 4.78 is 0. The number of carbonyl (C=O) groups is 10. The van der Waals surface area contributed by atoms with Gasteiger partial charge >= 0.3 is 0 Å². The summed E-state index contributed by atoms with van der Waals surface area (Å²) in [6.45, 7) is 1.38. The largest absolute Gasteiger partial charge is 0.548 e. The number of anilines is 2. The fraction of sp³-hybridized carbons (Fsp3) is 0.350. The predicted octanol–water partition coefficient (Wildman–Crippen LogP) is -6.91. The summed E-state index contributed by atoms with van der Waals surface area (Å²) in [7, 11) is 0. The average Bonchev–Trinajstić information content (AvgIpc) is 3.30. The van der Waals surface area contributed by atoms with Crippen molar-refractivity contribution in [2.24, 2.45) is 37.6 Å². The Bertz CT molecular complexity index is 2260. The Hall–Kier alpha value is -8.05. The first-order chi connectivity index (χ1) is 33.0. The molecule has 30 heteroatoms. The van der Waals surface area contributed by atoms with Gasteiger partial charge in [-0.3, -0.25) is 28.8 Å². The van der Waals surface area contributed by atoms with E-state index in [-0.39, 0.29) is 54.2 Å². The normalized spacial score (nSPS) is 12.3. The van der Waals surface area contributed by atoms with Crippen LogP contribution in [-0.4, -0.2) is 132 Å². The van der Waals surface area contributed by atoms with E-state index in [1.54, 1.807) is 54.5 Å². The smallest absolute Gasteiger partial charge is 0.243 e. The standard InChI is InChI=1S/C20H27N7O7S.C10H10N4O.C10H17N3O6S/c1-11(28)25-13-4-2-12(3-5-13)8-24-27-20(22)35-10-15(18(32)23-9-17(30)31)26-16(29)7-6-14(21)19(33)34;1-8(15)14-10-4-2-9(3-5-10)6-12-13-7-11;11-5(10(18)19)1-2-7(14)13-6(4-20)9(17)12-3-8(15)16/h2-5,8,14-15H,6-7,9-10,21H2,1H3,(H2,22,27)(H,23,32)(H,25,28)(H,26,29)(H,30,31)(H,33,34);2-6,11H,1H3,(H,14,15);5-6,20H,1-4,11H2,(H,12,17)(H,13,14)(H,15,16)(H,18,19)/p-4/b24-8+;12-6+;/t14-,15-;;5-,6-/m0.0/s1. The minimum atomic E-state index is -1.53. The number of nitrogens with zero attached hydrogens (tertiary/aromatic N) is 4. The van der Waals surface area contributed by atoms with Crippen molar-refractivity contribution in [3.63, 3.8) is 0 Å². The molecule has 13 N–H and O–H groups in total. The number of hydrogen-bond acceptors (Lipinski definition) is 23. The van der Waals surface area contributed by atoms with E-state index in [1.807, 2.05) is 5.32 Å². The van der Waals surface area contributed by atoms with E-state index in [1.165, 1.54) is 26.3 Å². The zero-order valence-corrected chi connectivity index (χ0v) is 39.0. The van der Waals surface area contributed by atoms with Gasteiger partial charge in [-0.1, -0.05) is 41.1 Å². The molecule has 2 rings (SSSR count). The molecule has 0 aliphatic carbocycles. The molecule has 0 saturated heterocycles. The second-order valence-electron chi connectivity index (χ2n) is 13.6. The van der Waals surface area contributed by atoms with Crippen LogP contribution >= 0.6 is 24.4 Å². The van der Waals surface area contributed by atoms with Gasteiger partial charge in [0.25, 0.3) is 0 Å². The quantitative estimate of drug-likeness (QED) is 0.0191. The van der Waals surface area contributed by atoms with Crippen molar-refractivity contribution in [3.8, 4) is 0 Å². The van der Waals surface area contributed by atoms with Gasteiger partial charge in [-0.25, -0.2) is 5.41 Å². The Morgan fingerprint density at radius 1 is 0.686 bits per heavy atom. The molecule has 0 aromatic heterocycles. The van der Waals surface area contributed by atoms with Gasteiger partial charge < -0.3 is 88.7 Å². The van der Waals surface area contributed by atoms with E-state index in [0.29, 0.717) is 11.3 Å². The number of nitrogens with two attached hydrogens (primary N) is 3. The van der Waals surface area contributed by atoms with Crippen LogP contribution in [0.3, 0.4) is 0 Å². The molecule has 2 aromatic rings. The number of thioether (sulfide) groups is 1. The highest BCUT2D eigenvalue weighted by atomic mass is 32.2. The van der Waals surface area contributed by atoms with E-state index in [2.05, 4.69) is 59.6 Å². The van der Waals surface area contributed by atoms with Crippen LogP contribution in [0.2, 0.25) is 0 Å². The summed E-state index contributed by atoms with van der Waals surface area (Å²) in [5, 5.41) is 76.6. The molecule has 0 unspecified atom stereocenters. The lowest BCUT2D eigenvalue weighted by Crippen LogP contribution is -2.51. The zero-order chi connectivity index (χ0) is 53.2. The van der Waals surface area contributed by atoms with Gasteiger partial charge in [0.15, 0.2) is 5.17 Å². The molecule has 4 atom stereocenters. The van der Waals surface area contributed by atoms with E-state index in [0.717, 1.165) is 23.0 Å². The number of amidine groups is 1. The molecule has 0 aliphatic heterocycles. The van der Waals surface area contributed by atoms with Crippen molar-refractivity contribution in [3.05, 3.63) is 59.7 Å². The maximum absolute atomic E-state index is 12.2. The molecular formula is C40H50N14O14S2-4. The summed E-state index contributed by atoms with van der Waals surface area (Å²) in [5.74, 6) is -9.35. The maximum Gasteiger partial charge on any atom is 0.243 e. The van der Waals surface area contributed by atoms with Crippen molar-refractivity contribution >= 4 is 119 Å². The third kappa shape index (κ3) is 31.0. The van der Waals surface area contributed by atoms with Crippen molar-refractivity contribution in [1.29, 1.82) is 5.41 Å². The number of carboxylic acids is 4. The Labute approximate surface area is 408 Å². The topological polar surface area (TPSA) is 486 Å². The molecule has 0 radical (unpaired) electrons. The van der Waals surface area contributed by atoms with Gasteiger partial charge in [0.2, 0.25) is 35.4 Å². The van der Waals surface area contributed by atoms with Crippen LogP contribution in [-0.2, 0) is 47.9 Å². The van der Waals surface area contributed by atoms with Crippen LogP contribution in [0.15, 0.2) is 68.9 Å². The molecule has 0 aliphatic rings. The fourth-order valence-electron chi connectivity index (χ4n) is 4.47. The molecule has 0 bridgehead atoms. The van der Waals surface area contributed by atoms with Crippen molar-refractivity contribution in [1.82, 2.24) is 21.3 Å². The molecule has 0 fully saturated rings. The number of nitrogens with one attached hydrogen (secondary N) is 7. The number of carbonyl (C=O) groups excluding carboxylic acids is 10. The van der Waals surface area contributed by atoms with Gasteiger partial charge in [0.1, 0.15) is 18.1 Å². The second kappa shape index (κ2) is 35.1. The number of hydrogen-bond donors (Lipinski definition) is 11. The van der Waals surface area contributed by atoms with Gasteiger partial charge in [0, 0.05) is 61.7 Å². The van der Waals surface area contributed by atoms with E-state index >= 15 is 0 Å². The molecule has 0 spiro atoms. The molecule has 2 aromatic carbocycles. The minimum Gasteiger partial charge on any atom is -0.548 e. The van der Waals surface area contributed by atoms with Crippen molar-refractivity contribution < 1.29 is 68.4 Å². The first-order valence-corrected chi connectivity index (χ1v) is 21.6. The molecule has 70 heavy (non-hydrogen) atoms. The van der Waals surface area contributed by atoms with E-state index in [4.69, 9.17) is 22.6 Å². The number of benzene rings is 2. The Morgan fingerprint density at radius 3 is 1.46 bits per heavy atom. The molecule has 0 heterocycles. The molecular weight excluding hydrogens is 965 g/mol. The van der Waals surface area contributed by atoms with E-state index < -0.39 is 84.8 Å².